The molecule has 3 rings (SSSR count). The van der Waals surface area contributed by atoms with Crippen LogP contribution in [0.2, 0.25) is 5.02 Å². The minimum absolute atomic E-state index is 0.00191. The first-order valence-electron chi connectivity index (χ1n) is 8.61. The third-order valence-electron chi connectivity index (χ3n) is 4.10. The van der Waals surface area contributed by atoms with Crippen LogP contribution in [0.5, 0.6) is 0 Å². The minimum atomic E-state index is -3.92. The topological polar surface area (TPSA) is 101 Å². The zero-order valence-electron chi connectivity index (χ0n) is 15.6. The lowest BCUT2D eigenvalue weighted by Gasteiger charge is -2.21. The number of anilines is 1. The number of sulfonamides is 1. The number of hydrogen-bond donors (Lipinski definition) is 2. The van der Waals surface area contributed by atoms with Gasteiger partial charge in [-0.3, -0.25) is 4.79 Å². The molecule has 0 unspecified atom stereocenters. The van der Waals surface area contributed by atoms with Crippen molar-refractivity contribution >= 4 is 44.3 Å². The normalized spacial score (nSPS) is 13.0. The summed E-state index contributed by atoms with van der Waals surface area (Å²) in [5, 5.41) is 3.03. The zero-order chi connectivity index (χ0) is 20.5. The molecule has 148 valence electrons. The van der Waals surface area contributed by atoms with Crippen molar-refractivity contribution in [1.29, 1.82) is 0 Å². The van der Waals surface area contributed by atoms with Gasteiger partial charge in [-0.2, -0.15) is 4.72 Å². The van der Waals surface area contributed by atoms with E-state index in [0.29, 0.717) is 27.7 Å². The van der Waals surface area contributed by atoms with Crippen molar-refractivity contribution in [3.05, 3.63) is 53.4 Å². The maximum atomic E-state index is 12.8. The number of aromatic nitrogens is 1. The van der Waals surface area contributed by atoms with Gasteiger partial charge in [-0.15, -0.1) is 0 Å². The Labute approximate surface area is 168 Å². The molecule has 0 radical (unpaired) electrons. The zero-order valence-corrected chi connectivity index (χ0v) is 17.1. The van der Waals surface area contributed by atoms with Gasteiger partial charge in [0, 0.05) is 17.6 Å². The molecule has 28 heavy (non-hydrogen) atoms. The van der Waals surface area contributed by atoms with E-state index in [0.717, 1.165) is 0 Å². The van der Waals surface area contributed by atoms with E-state index in [1.54, 1.807) is 45.0 Å². The van der Waals surface area contributed by atoms with Crippen LogP contribution in [0.25, 0.3) is 11.1 Å². The van der Waals surface area contributed by atoms with Crippen molar-refractivity contribution in [3.8, 4) is 0 Å². The Balaban J connectivity index is 1.81. The Hall–Kier alpha value is -2.42. The van der Waals surface area contributed by atoms with Crippen molar-refractivity contribution in [2.75, 3.05) is 5.32 Å². The van der Waals surface area contributed by atoms with Crippen LogP contribution in [0, 0.1) is 12.8 Å². The number of benzene rings is 2. The van der Waals surface area contributed by atoms with E-state index in [1.165, 1.54) is 18.2 Å². The molecule has 9 heteroatoms. The SMILES string of the molecule is Cc1nc2cc(NC(=O)[C@@H](NS(=O)(=O)c3cccc(Cl)c3)C(C)C)ccc2o1. The molecule has 0 saturated carbocycles. The van der Waals surface area contributed by atoms with Gasteiger partial charge < -0.3 is 9.73 Å². The summed E-state index contributed by atoms with van der Waals surface area (Å²) in [5.41, 5.74) is 1.71. The fourth-order valence-electron chi connectivity index (χ4n) is 2.70. The molecule has 0 spiro atoms. The van der Waals surface area contributed by atoms with Gasteiger partial charge in [-0.1, -0.05) is 31.5 Å². The summed E-state index contributed by atoms with van der Waals surface area (Å²) in [6.45, 7) is 5.25. The van der Waals surface area contributed by atoms with Crippen LogP contribution in [0.4, 0.5) is 5.69 Å². The number of carbonyl (C=O) groups excluding carboxylic acids is 1. The molecule has 1 heterocycles. The number of amides is 1. The Morgan fingerprint density at radius 1 is 1.18 bits per heavy atom. The minimum Gasteiger partial charge on any atom is -0.441 e. The first-order valence-corrected chi connectivity index (χ1v) is 10.5. The van der Waals surface area contributed by atoms with E-state index in [4.69, 9.17) is 16.0 Å². The lowest BCUT2D eigenvalue weighted by Crippen LogP contribution is -2.47. The van der Waals surface area contributed by atoms with E-state index in [9.17, 15) is 13.2 Å². The fourth-order valence-corrected chi connectivity index (χ4v) is 4.35. The Kier molecular flexibility index (Phi) is 5.74. The summed E-state index contributed by atoms with van der Waals surface area (Å²) in [6.07, 6.45) is 0. The Morgan fingerprint density at radius 2 is 1.93 bits per heavy atom. The van der Waals surface area contributed by atoms with Crippen LogP contribution in [-0.2, 0) is 14.8 Å². The third kappa shape index (κ3) is 4.52. The second-order valence-corrected chi connectivity index (χ2v) is 8.86. The van der Waals surface area contributed by atoms with E-state index in [-0.39, 0.29) is 10.8 Å². The highest BCUT2D eigenvalue weighted by molar-refractivity contribution is 7.89. The number of rotatable bonds is 6. The van der Waals surface area contributed by atoms with Crippen LogP contribution in [-0.4, -0.2) is 25.4 Å². The summed E-state index contributed by atoms with van der Waals surface area (Å²) in [7, 11) is -3.92. The fraction of sp³-hybridized carbons (Fsp3) is 0.263. The van der Waals surface area contributed by atoms with Gasteiger partial charge >= 0.3 is 0 Å². The van der Waals surface area contributed by atoms with Gasteiger partial charge in [0.05, 0.1) is 4.90 Å². The van der Waals surface area contributed by atoms with E-state index >= 15 is 0 Å². The molecule has 1 aromatic heterocycles. The summed E-state index contributed by atoms with van der Waals surface area (Å²) in [4.78, 5) is 17.0. The summed E-state index contributed by atoms with van der Waals surface area (Å²) in [6, 6.07) is 9.94. The van der Waals surface area contributed by atoms with Gasteiger partial charge in [-0.05, 0) is 42.3 Å². The van der Waals surface area contributed by atoms with Crippen molar-refractivity contribution in [1.82, 2.24) is 9.71 Å². The molecule has 3 aromatic rings. The highest BCUT2D eigenvalue weighted by Gasteiger charge is 2.28. The van der Waals surface area contributed by atoms with Crippen LogP contribution < -0.4 is 10.0 Å². The maximum Gasteiger partial charge on any atom is 0.242 e. The molecule has 0 aliphatic heterocycles. The molecule has 0 aliphatic rings. The highest BCUT2D eigenvalue weighted by Crippen LogP contribution is 2.21. The quantitative estimate of drug-likeness (QED) is 0.631. The van der Waals surface area contributed by atoms with Crippen LogP contribution in [0.3, 0.4) is 0 Å². The average molecular weight is 422 g/mol. The predicted molar refractivity (Wildman–Crippen MR) is 108 cm³/mol. The number of carbonyl (C=O) groups is 1. The van der Waals surface area contributed by atoms with Crippen molar-refractivity contribution in [3.63, 3.8) is 0 Å². The summed E-state index contributed by atoms with van der Waals surface area (Å²) >= 11 is 5.88. The van der Waals surface area contributed by atoms with Gasteiger partial charge in [0.25, 0.3) is 0 Å². The van der Waals surface area contributed by atoms with Gasteiger partial charge in [-0.25, -0.2) is 13.4 Å². The van der Waals surface area contributed by atoms with E-state index in [2.05, 4.69) is 15.0 Å². The van der Waals surface area contributed by atoms with Gasteiger partial charge in [0.15, 0.2) is 11.5 Å². The lowest BCUT2D eigenvalue weighted by atomic mass is 10.0. The highest BCUT2D eigenvalue weighted by atomic mass is 35.5. The second-order valence-electron chi connectivity index (χ2n) is 6.70. The number of fused-ring (bicyclic) bond motifs is 1. The van der Waals surface area contributed by atoms with E-state index in [1.807, 2.05) is 0 Å². The first-order chi connectivity index (χ1) is 13.2. The number of aryl methyl sites for hydroxylation is 1. The molecule has 2 N–H and O–H groups in total. The Bertz CT molecular complexity index is 1130. The summed E-state index contributed by atoms with van der Waals surface area (Å²) in [5.74, 6) is -0.236. The molecule has 0 saturated heterocycles. The molecular weight excluding hydrogens is 402 g/mol. The molecule has 1 atom stereocenters. The third-order valence-corrected chi connectivity index (χ3v) is 5.77. The summed E-state index contributed by atoms with van der Waals surface area (Å²) < 4.78 is 33.2. The molecule has 1 amide bonds. The molecule has 2 aromatic carbocycles. The maximum absolute atomic E-state index is 12.8. The van der Waals surface area contributed by atoms with Gasteiger partial charge in [0.2, 0.25) is 15.9 Å². The van der Waals surface area contributed by atoms with Crippen molar-refractivity contribution < 1.29 is 17.6 Å². The van der Waals surface area contributed by atoms with E-state index < -0.39 is 22.0 Å². The lowest BCUT2D eigenvalue weighted by molar-refractivity contribution is -0.118. The number of nitrogens with one attached hydrogen (secondary N) is 2. The number of nitrogens with zero attached hydrogens (tertiary/aromatic N) is 1. The number of hydrogen-bond acceptors (Lipinski definition) is 5. The standard InChI is InChI=1S/C19H20ClN3O4S/c1-11(2)18(23-28(25,26)15-6-4-5-13(20)9-15)19(24)22-14-7-8-17-16(10-14)21-12(3)27-17/h4-11,18,23H,1-3H3,(H,22,24)/t18-/m0/s1. The van der Waals surface area contributed by atoms with Crippen LogP contribution >= 0.6 is 11.6 Å². The van der Waals surface area contributed by atoms with Crippen LogP contribution in [0.1, 0.15) is 19.7 Å². The molecule has 0 fully saturated rings. The molecular formula is C19H20ClN3O4S. The predicted octanol–water partition coefficient (Wildman–Crippen LogP) is 3.73. The van der Waals surface area contributed by atoms with Gasteiger partial charge in [0.1, 0.15) is 11.6 Å². The average Bonchev–Trinajstić information content (AvgIpc) is 2.98. The molecule has 0 bridgehead atoms. The molecule has 7 nitrogen and oxygen atoms in total. The second kappa shape index (κ2) is 7.90. The number of halogens is 1. The monoisotopic (exact) mass is 421 g/mol. The largest absolute Gasteiger partial charge is 0.441 e. The van der Waals surface area contributed by atoms with Crippen molar-refractivity contribution in [2.24, 2.45) is 5.92 Å². The van der Waals surface area contributed by atoms with Crippen LogP contribution in [0.15, 0.2) is 51.8 Å². The molecule has 0 aliphatic carbocycles. The smallest absolute Gasteiger partial charge is 0.242 e. The number of oxazole rings is 1. The Morgan fingerprint density at radius 3 is 2.61 bits per heavy atom. The van der Waals surface area contributed by atoms with Crippen molar-refractivity contribution in [2.45, 2.75) is 31.7 Å². The first kappa shape index (κ1) is 20.3.